The Morgan fingerprint density at radius 2 is 1.19 bits per heavy atom. The van der Waals surface area contributed by atoms with Gasteiger partial charge in [-0.3, -0.25) is 0 Å². The van der Waals surface area contributed by atoms with Gasteiger partial charge in [0.15, 0.2) is 5.82 Å². The largest absolute Gasteiger partial charge is 0.456 e. The van der Waals surface area contributed by atoms with Crippen molar-refractivity contribution in [2.24, 2.45) is 5.92 Å². The SMILES string of the molecule is C1=CC2c3ccccc3C3(c4ccccc4Oc4c(-c5cccc(-c6nc(-c7ccccc7)cc(-c7ccc8c(c7)sc7ccccc78)n6)c5)cccc43)C2C=C1. The zero-order valence-corrected chi connectivity index (χ0v) is 31.7. The number of para-hydroxylation sites is 2. The molecule has 0 N–H and O–H groups in total. The number of allylic oxidation sites excluding steroid dienone is 4. The van der Waals surface area contributed by atoms with Crippen LogP contribution in [0.3, 0.4) is 0 Å². The Bertz CT molecular complexity index is 3140. The van der Waals surface area contributed by atoms with E-state index in [2.05, 4.69) is 188 Å². The minimum absolute atomic E-state index is 0.213. The average molecular weight is 747 g/mol. The molecule has 7 aromatic carbocycles. The van der Waals surface area contributed by atoms with Crippen molar-refractivity contribution in [3.8, 4) is 56.5 Å². The molecule has 0 saturated carbocycles. The molecule has 57 heavy (non-hydrogen) atoms. The minimum atomic E-state index is -0.405. The molecule has 0 saturated heterocycles. The Morgan fingerprint density at radius 3 is 2.12 bits per heavy atom. The molecule has 3 aliphatic rings. The van der Waals surface area contributed by atoms with E-state index in [0.29, 0.717) is 5.82 Å². The summed E-state index contributed by atoms with van der Waals surface area (Å²) in [7, 11) is 0. The summed E-state index contributed by atoms with van der Waals surface area (Å²) < 4.78 is 9.57. The second-order valence-electron chi connectivity index (χ2n) is 15.2. The van der Waals surface area contributed by atoms with Crippen LogP contribution in [-0.4, -0.2) is 9.97 Å². The number of thiophene rings is 1. The van der Waals surface area contributed by atoms with Gasteiger partial charge in [0.25, 0.3) is 0 Å². The van der Waals surface area contributed by atoms with Crippen LogP contribution in [0.1, 0.15) is 28.2 Å². The van der Waals surface area contributed by atoms with Crippen LogP contribution in [0.15, 0.2) is 194 Å². The Labute approximate surface area is 334 Å². The molecular formula is C53H34N2OS. The molecule has 4 heteroatoms. The molecule has 3 unspecified atom stereocenters. The van der Waals surface area contributed by atoms with Crippen molar-refractivity contribution in [2.45, 2.75) is 11.3 Å². The summed E-state index contributed by atoms with van der Waals surface area (Å²) in [5, 5.41) is 2.56. The summed E-state index contributed by atoms with van der Waals surface area (Å²) in [5.74, 6) is 2.99. The van der Waals surface area contributed by atoms with Crippen molar-refractivity contribution in [3.05, 3.63) is 216 Å². The van der Waals surface area contributed by atoms with Crippen LogP contribution < -0.4 is 4.74 Å². The van der Waals surface area contributed by atoms with Gasteiger partial charge in [-0.1, -0.05) is 164 Å². The van der Waals surface area contributed by atoms with Crippen LogP contribution >= 0.6 is 11.3 Å². The second kappa shape index (κ2) is 12.6. The van der Waals surface area contributed by atoms with Gasteiger partial charge in [0.05, 0.1) is 16.8 Å². The lowest BCUT2D eigenvalue weighted by molar-refractivity contribution is 0.375. The number of hydrogen-bond donors (Lipinski definition) is 0. The predicted molar refractivity (Wildman–Crippen MR) is 234 cm³/mol. The van der Waals surface area contributed by atoms with E-state index in [1.54, 1.807) is 0 Å². The number of ether oxygens (including phenoxy) is 1. The van der Waals surface area contributed by atoms with Gasteiger partial charge in [0.2, 0.25) is 0 Å². The molecular weight excluding hydrogens is 713 g/mol. The zero-order valence-electron chi connectivity index (χ0n) is 30.8. The highest BCUT2D eigenvalue weighted by atomic mass is 32.1. The summed E-state index contributed by atoms with van der Waals surface area (Å²) in [5.41, 5.74) is 11.7. The number of fused-ring (bicyclic) bond motifs is 12. The minimum Gasteiger partial charge on any atom is -0.456 e. The fourth-order valence-electron chi connectivity index (χ4n) is 9.81. The van der Waals surface area contributed by atoms with Crippen LogP contribution in [-0.2, 0) is 5.41 Å². The summed E-state index contributed by atoms with van der Waals surface area (Å²) in [6.07, 6.45) is 9.21. The van der Waals surface area contributed by atoms with E-state index >= 15 is 0 Å². The first-order valence-corrected chi connectivity index (χ1v) is 20.4. The summed E-state index contributed by atoms with van der Waals surface area (Å²) >= 11 is 1.83. The normalized spacial score (nSPS) is 18.6. The van der Waals surface area contributed by atoms with Gasteiger partial charge in [-0.15, -0.1) is 11.3 Å². The highest BCUT2D eigenvalue weighted by Crippen LogP contribution is 2.65. The molecule has 0 radical (unpaired) electrons. The van der Waals surface area contributed by atoms with E-state index in [9.17, 15) is 0 Å². The van der Waals surface area contributed by atoms with Crippen molar-refractivity contribution < 1.29 is 4.74 Å². The maximum absolute atomic E-state index is 7.03. The van der Waals surface area contributed by atoms with Gasteiger partial charge in [0.1, 0.15) is 11.5 Å². The standard InChI is InChI=1S/C53H34N2OS/c1-2-14-33(15-3-1)46-32-47(35-28-29-41-40-20-6-11-27-49(40)57-50(41)31-35)55-52(54-46)36-17-12-16-34(30-36)37-21-13-25-45-51(37)56-48-26-10-9-24-44(48)53(45)42-22-7-4-18-38(42)39-19-5-8-23-43(39)53/h1-32,38,42H. The van der Waals surface area contributed by atoms with Crippen LogP contribution in [0, 0.1) is 5.92 Å². The van der Waals surface area contributed by atoms with Crippen molar-refractivity contribution in [1.82, 2.24) is 9.97 Å². The number of nitrogens with zero attached hydrogens (tertiary/aromatic N) is 2. The second-order valence-corrected chi connectivity index (χ2v) is 16.3. The predicted octanol–water partition coefficient (Wildman–Crippen LogP) is 13.8. The average Bonchev–Trinajstić information content (AvgIpc) is 3.80. The van der Waals surface area contributed by atoms with Crippen molar-refractivity contribution in [2.75, 3.05) is 0 Å². The summed E-state index contributed by atoms with van der Waals surface area (Å²) in [6, 6.07) is 60.9. The van der Waals surface area contributed by atoms with E-state index in [-0.39, 0.29) is 11.8 Å². The molecule has 3 atom stereocenters. The number of benzene rings is 7. The molecule has 0 fully saturated rings. The zero-order chi connectivity index (χ0) is 37.5. The lowest BCUT2D eigenvalue weighted by atomic mass is 9.61. The maximum Gasteiger partial charge on any atom is 0.160 e. The van der Waals surface area contributed by atoms with Gasteiger partial charge in [-0.05, 0) is 47.0 Å². The third kappa shape index (κ3) is 4.84. The molecule has 3 heterocycles. The van der Waals surface area contributed by atoms with Gasteiger partial charge in [0, 0.05) is 65.4 Å². The summed E-state index contributed by atoms with van der Waals surface area (Å²) in [4.78, 5) is 10.5. The molecule has 268 valence electrons. The maximum atomic E-state index is 7.03. The first kappa shape index (κ1) is 32.4. The third-order valence-electron chi connectivity index (χ3n) is 12.2. The Balaban J connectivity index is 1.03. The Morgan fingerprint density at radius 1 is 0.491 bits per heavy atom. The van der Waals surface area contributed by atoms with Crippen LogP contribution in [0.5, 0.6) is 11.5 Å². The monoisotopic (exact) mass is 746 g/mol. The van der Waals surface area contributed by atoms with E-state index in [1.807, 2.05) is 17.4 Å². The Kier molecular flexibility index (Phi) is 7.14. The highest BCUT2D eigenvalue weighted by Gasteiger charge is 2.56. The van der Waals surface area contributed by atoms with E-state index < -0.39 is 5.41 Å². The molecule has 2 aromatic heterocycles. The van der Waals surface area contributed by atoms with E-state index in [4.69, 9.17) is 14.7 Å². The lowest BCUT2D eigenvalue weighted by Crippen LogP contribution is -2.37. The van der Waals surface area contributed by atoms with E-state index in [1.165, 1.54) is 42.4 Å². The smallest absolute Gasteiger partial charge is 0.160 e. The molecule has 3 nitrogen and oxygen atoms in total. The molecule has 0 bridgehead atoms. The topological polar surface area (TPSA) is 35.0 Å². The van der Waals surface area contributed by atoms with Gasteiger partial charge in [-0.2, -0.15) is 0 Å². The van der Waals surface area contributed by atoms with Gasteiger partial charge in [-0.25, -0.2) is 9.97 Å². The molecule has 2 aliphatic carbocycles. The summed E-state index contributed by atoms with van der Waals surface area (Å²) in [6.45, 7) is 0. The fraction of sp³-hybridized carbons (Fsp3) is 0.0566. The van der Waals surface area contributed by atoms with Crippen LogP contribution in [0.25, 0.3) is 65.2 Å². The molecule has 0 amide bonds. The molecule has 1 aliphatic heterocycles. The first-order chi connectivity index (χ1) is 28.2. The quantitative estimate of drug-likeness (QED) is 0.180. The van der Waals surface area contributed by atoms with Crippen LogP contribution in [0.4, 0.5) is 0 Å². The Hall–Kier alpha value is -6.88. The highest BCUT2D eigenvalue weighted by molar-refractivity contribution is 7.25. The number of aromatic nitrogens is 2. The molecule has 1 spiro atoms. The van der Waals surface area contributed by atoms with Gasteiger partial charge >= 0.3 is 0 Å². The number of hydrogen-bond acceptors (Lipinski definition) is 4. The van der Waals surface area contributed by atoms with Crippen molar-refractivity contribution >= 4 is 31.5 Å². The third-order valence-corrected chi connectivity index (χ3v) is 13.4. The first-order valence-electron chi connectivity index (χ1n) is 19.6. The van der Waals surface area contributed by atoms with E-state index in [0.717, 1.165) is 50.7 Å². The molecule has 12 rings (SSSR count). The van der Waals surface area contributed by atoms with Gasteiger partial charge < -0.3 is 4.74 Å². The number of rotatable bonds is 4. The molecule has 9 aromatic rings. The lowest BCUT2D eigenvalue weighted by Gasteiger charge is -2.43. The fourth-order valence-corrected chi connectivity index (χ4v) is 11.0. The van der Waals surface area contributed by atoms with Crippen molar-refractivity contribution in [3.63, 3.8) is 0 Å². The van der Waals surface area contributed by atoms with Crippen LogP contribution in [0.2, 0.25) is 0 Å². The van der Waals surface area contributed by atoms with Crippen molar-refractivity contribution in [1.29, 1.82) is 0 Å².